The predicted molar refractivity (Wildman–Crippen MR) is 242 cm³/mol. The Morgan fingerprint density at radius 1 is 0.903 bits per heavy atom. The first-order valence-electron chi connectivity index (χ1n) is 22.8. The smallest absolute Gasteiger partial charge is 0.271 e. The van der Waals surface area contributed by atoms with E-state index in [2.05, 4.69) is 48.9 Å². The molecule has 5 heterocycles. The molecule has 3 saturated heterocycles. The molecule has 3 N–H and O–H groups in total. The zero-order valence-corrected chi connectivity index (χ0v) is 37.1. The molecule has 10 rings (SSSR count). The third-order valence-corrected chi connectivity index (χ3v) is 17.4. The molecule has 13 nitrogen and oxygen atoms in total. The Kier molecular flexibility index (Phi) is 11.1. The molecule has 0 radical (unpaired) electrons. The van der Waals surface area contributed by atoms with Gasteiger partial charge in [0, 0.05) is 60.7 Å². The minimum Gasteiger partial charge on any atom is -0.374 e. The van der Waals surface area contributed by atoms with Gasteiger partial charge >= 0.3 is 0 Å². The molecule has 3 aliphatic carbocycles. The van der Waals surface area contributed by atoms with Crippen LogP contribution >= 0.6 is 11.6 Å². The number of nitrogens with one attached hydrogen (secondary N) is 3. The summed E-state index contributed by atoms with van der Waals surface area (Å²) in [7, 11) is -3.48. The molecule has 1 unspecified atom stereocenters. The average Bonchev–Trinajstić information content (AvgIpc) is 3.96. The quantitative estimate of drug-likeness (QED) is 0.127. The molecular formula is C47H57ClN8O5S. The summed E-state index contributed by atoms with van der Waals surface area (Å²) < 4.78 is 29.6. The number of amides is 2. The van der Waals surface area contributed by atoms with Crippen molar-refractivity contribution >= 4 is 67.3 Å². The van der Waals surface area contributed by atoms with Crippen LogP contribution in [-0.2, 0) is 19.4 Å². The monoisotopic (exact) mass is 880 g/mol. The van der Waals surface area contributed by atoms with Crippen molar-refractivity contribution in [3.8, 4) is 0 Å². The number of sulfone groups is 1. The van der Waals surface area contributed by atoms with Gasteiger partial charge in [-0.25, -0.2) is 13.4 Å². The molecule has 2 aromatic carbocycles. The Balaban J connectivity index is 0.708. The lowest BCUT2D eigenvalue weighted by Gasteiger charge is -2.52. The minimum absolute atomic E-state index is 0.0586. The van der Waals surface area contributed by atoms with Gasteiger partial charge in [-0.15, -0.1) is 0 Å². The number of anilines is 4. The van der Waals surface area contributed by atoms with Crippen LogP contribution in [0, 0.1) is 18.3 Å². The second-order valence-corrected chi connectivity index (χ2v) is 21.8. The number of likely N-dealkylation sites (tertiary alicyclic amines) is 1. The van der Waals surface area contributed by atoms with E-state index in [1.165, 1.54) is 24.1 Å². The molecule has 62 heavy (non-hydrogen) atoms. The van der Waals surface area contributed by atoms with E-state index in [-0.39, 0.29) is 45.1 Å². The average molecular weight is 882 g/mol. The number of benzene rings is 2. The number of fused-ring (bicyclic) bond motifs is 1. The standard InChI is InChI=1S/C47H57ClN8O5S/c1-29-22-35(9-10-39(29)51-46-49-27-32-23-38(48)45(59)56(43(32)53-46)34-4-2-3-5-34)62(60,61)36-25-47(26-36)16-20-54(21-17-47)28-30-14-18-55(19-15-30)41-12-8-33(24-37(41)31-6-7-31)50-40-11-13-42(57)52-44(40)58/h8-10,12,22-24,27,30-31,34,36,40,50H,2-7,11,13-21,25-26,28H2,1H3,(H,49,51,53)(H,52,57,58). The summed E-state index contributed by atoms with van der Waals surface area (Å²) in [6.07, 6.45) is 14.8. The van der Waals surface area contributed by atoms with E-state index in [1.807, 2.05) is 6.92 Å². The zero-order chi connectivity index (χ0) is 42.8. The van der Waals surface area contributed by atoms with Crippen LogP contribution in [0.5, 0.6) is 0 Å². The summed E-state index contributed by atoms with van der Waals surface area (Å²) in [5, 5.41) is 9.62. The lowest BCUT2D eigenvalue weighted by Crippen LogP contribution is -2.52. The van der Waals surface area contributed by atoms with Crippen LogP contribution in [0.3, 0.4) is 0 Å². The summed E-state index contributed by atoms with van der Waals surface area (Å²) in [5.41, 5.74) is 5.59. The van der Waals surface area contributed by atoms with Crippen molar-refractivity contribution in [3.63, 3.8) is 0 Å². The molecule has 4 aromatic rings. The van der Waals surface area contributed by atoms with Crippen molar-refractivity contribution in [3.05, 3.63) is 75.2 Å². The molecular weight excluding hydrogens is 824 g/mol. The van der Waals surface area contributed by atoms with E-state index in [0.717, 1.165) is 108 Å². The van der Waals surface area contributed by atoms with Gasteiger partial charge in [0.15, 0.2) is 9.84 Å². The molecule has 1 atom stereocenters. The van der Waals surface area contributed by atoms with E-state index in [4.69, 9.17) is 16.6 Å². The third kappa shape index (κ3) is 8.22. The molecule has 15 heteroatoms. The SMILES string of the molecule is Cc1cc(S(=O)(=O)C2CC3(CCN(CC4CCN(c5ccc(NC6CCC(=O)NC6=O)cc5C5CC5)CC4)CC3)C2)ccc1Nc1ncc2cc(Cl)c(=O)n(C3CCCC3)c2n1. The highest BCUT2D eigenvalue weighted by Crippen LogP contribution is 2.53. The Hall–Kier alpha value is -4.53. The Morgan fingerprint density at radius 2 is 1.66 bits per heavy atom. The fourth-order valence-corrected chi connectivity index (χ4v) is 13.4. The van der Waals surface area contributed by atoms with Crippen LogP contribution in [0.15, 0.2) is 58.4 Å². The lowest BCUT2D eigenvalue weighted by molar-refractivity contribution is -0.133. The normalized spacial score (nSPS) is 22.9. The number of aromatic nitrogens is 3. The van der Waals surface area contributed by atoms with Crippen molar-refractivity contribution in [2.24, 2.45) is 11.3 Å². The fraction of sp³-hybridized carbons (Fsp3) is 0.553. The van der Waals surface area contributed by atoms with Crippen LogP contribution in [0.25, 0.3) is 11.0 Å². The van der Waals surface area contributed by atoms with Gasteiger partial charge < -0.3 is 20.4 Å². The summed E-state index contributed by atoms with van der Waals surface area (Å²) in [4.78, 5) is 51.8. The number of hydrogen-bond donors (Lipinski definition) is 3. The maximum atomic E-state index is 13.9. The number of carbonyl (C=O) groups is 2. The molecule has 3 saturated carbocycles. The highest BCUT2D eigenvalue weighted by molar-refractivity contribution is 7.92. The van der Waals surface area contributed by atoms with Crippen molar-refractivity contribution in [2.75, 3.05) is 48.3 Å². The first kappa shape index (κ1) is 41.5. The van der Waals surface area contributed by atoms with Crippen LogP contribution in [0.4, 0.5) is 23.0 Å². The summed E-state index contributed by atoms with van der Waals surface area (Å²) in [6.45, 7) is 7.13. The molecule has 0 bridgehead atoms. The first-order valence-corrected chi connectivity index (χ1v) is 24.7. The molecule has 2 amide bonds. The van der Waals surface area contributed by atoms with Gasteiger partial charge in [0.25, 0.3) is 5.56 Å². The maximum Gasteiger partial charge on any atom is 0.271 e. The Labute approximate surface area is 368 Å². The summed E-state index contributed by atoms with van der Waals surface area (Å²) in [5.74, 6) is 1.13. The van der Waals surface area contributed by atoms with Gasteiger partial charge in [-0.3, -0.25) is 24.3 Å². The molecule has 2 aromatic heterocycles. The van der Waals surface area contributed by atoms with Crippen LogP contribution in [0.1, 0.15) is 113 Å². The van der Waals surface area contributed by atoms with E-state index in [1.54, 1.807) is 35.0 Å². The van der Waals surface area contributed by atoms with Gasteiger partial charge in [-0.2, -0.15) is 4.98 Å². The van der Waals surface area contributed by atoms with E-state index < -0.39 is 9.84 Å². The van der Waals surface area contributed by atoms with Crippen molar-refractivity contribution in [1.29, 1.82) is 0 Å². The van der Waals surface area contributed by atoms with Crippen LogP contribution in [0.2, 0.25) is 5.02 Å². The van der Waals surface area contributed by atoms with Gasteiger partial charge in [0.1, 0.15) is 16.7 Å². The van der Waals surface area contributed by atoms with Crippen LogP contribution < -0.4 is 26.4 Å². The molecule has 1 spiro atoms. The van der Waals surface area contributed by atoms with E-state index >= 15 is 0 Å². The lowest BCUT2D eigenvalue weighted by atomic mass is 9.63. The van der Waals surface area contributed by atoms with Crippen molar-refractivity contribution in [2.45, 2.75) is 125 Å². The van der Waals surface area contributed by atoms with E-state index in [9.17, 15) is 22.8 Å². The van der Waals surface area contributed by atoms with Gasteiger partial charge in [0.05, 0.1) is 10.1 Å². The second kappa shape index (κ2) is 16.5. The summed E-state index contributed by atoms with van der Waals surface area (Å²) in [6, 6.07) is 13.1. The van der Waals surface area contributed by atoms with Crippen molar-refractivity contribution in [1.82, 2.24) is 24.8 Å². The van der Waals surface area contributed by atoms with Crippen molar-refractivity contribution < 1.29 is 18.0 Å². The highest BCUT2D eigenvalue weighted by atomic mass is 35.5. The molecule has 6 fully saturated rings. The zero-order valence-electron chi connectivity index (χ0n) is 35.5. The van der Waals surface area contributed by atoms with E-state index in [0.29, 0.717) is 52.2 Å². The number of halogens is 1. The number of rotatable bonds is 11. The predicted octanol–water partition coefficient (Wildman–Crippen LogP) is 7.64. The highest BCUT2D eigenvalue weighted by Gasteiger charge is 2.51. The fourth-order valence-electron chi connectivity index (χ4n) is 11.1. The first-order chi connectivity index (χ1) is 29.9. The molecule has 3 aliphatic heterocycles. The number of piperidine rings is 3. The van der Waals surface area contributed by atoms with Gasteiger partial charge in [-0.05, 0) is 161 Å². The summed E-state index contributed by atoms with van der Waals surface area (Å²) >= 11 is 6.32. The number of carbonyl (C=O) groups excluding carboxylic acids is 2. The largest absolute Gasteiger partial charge is 0.374 e. The molecule has 328 valence electrons. The number of pyridine rings is 1. The van der Waals surface area contributed by atoms with Crippen LogP contribution in [-0.4, -0.2) is 83.7 Å². The minimum atomic E-state index is -3.48. The number of imide groups is 1. The number of aryl methyl sites for hydroxylation is 1. The Bertz CT molecular complexity index is 2570. The number of hydrogen-bond acceptors (Lipinski definition) is 11. The third-order valence-electron chi connectivity index (χ3n) is 15.0. The topological polar surface area (TPSA) is 159 Å². The maximum absolute atomic E-state index is 13.9. The second-order valence-electron chi connectivity index (χ2n) is 19.2. The Morgan fingerprint density at radius 3 is 2.37 bits per heavy atom. The number of nitrogens with zero attached hydrogens (tertiary/aromatic N) is 5. The molecule has 6 aliphatic rings. The van der Waals surface area contributed by atoms with Gasteiger partial charge in [-0.1, -0.05) is 24.4 Å². The van der Waals surface area contributed by atoms with Gasteiger partial charge in [0.2, 0.25) is 17.8 Å².